The summed E-state index contributed by atoms with van der Waals surface area (Å²) in [6.07, 6.45) is 0. The second-order valence-electron chi connectivity index (χ2n) is 2.64. The molecule has 0 aromatic carbocycles. The van der Waals surface area contributed by atoms with E-state index in [1.54, 1.807) is 11.3 Å². The molecule has 4 nitrogen and oxygen atoms in total. The van der Waals surface area contributed by atoms with Gasteiger partial charge in [0.2, 0.25) is 5.91 Å². The van der Waals surface area contributed by atoms with Crippen LogP contribution in [0.15, 0.2) is 10.9 Å². The van der Waals surface area contributed by atoms with Gasteiger partial charge in [0, 0.05) is 31.9 Å². The Bertz CT molecular complexity index is 248. The van der Waals surface area contributed by atoms with Crippen molar-refractivity contribution in [2.45, 2.75) is 13.5 Å². The Morgan fingerprint density at radius 3 is 3.08 bits per heavy atom. The Morgan fingerprint density at radius 2 is 2.46 bits per heavy atom. The number of hydrogen-bond donors (Lipinski definition) is 2. The van der Waals surface area contributed by atoms with Crippen LogP contribution < -0.4 is 10.6 Å². The Labute approximate surface area is 81.4 Å². The number of thiazole rings is 1. The highest BCUT2D eigenvalue weighted by atomic mass is 32.1. The van der Waals surface area contributed by atoms with E-state index in [1.165, 1.54) is 6.92 Å². The second kappa shape index (κ2) is 5.66. The molecule has 0 aliphatic rings. The first-order valence-corrected chi connectivity index (χ1v) is 5.05. The number of nitrogens with zero attached hydrogens (tertiary/aromatic N) is 1. The van der Waals surface area contributed by atoms with Gasteiger partial charge in [-0.1, -0.05) is 0 Å². The number of carbonyl (C=O) groups excluding carboxylic acids is 1. The molecule has 5 heteroatoms. The number of amides is 1. The maximum atomic E-state index is 10.5. The highest BCUT2D eigenvalue weighted by Gasteiger charge is 1.93. The summed E-state index contributed by atoms with van der Waals surface area (Å²) in [6.45, 7) is 3.72. The molecule has 0 bridgehead atoms. The van der Waals surface area contributed by atoms with Gasteiger partial charge in [0.05, 0.1) is 11.2 Å². The lowest BCUT2D eigenvalue weighted by atomic mass is 10.4. The van der Waals surface area contributed by atoms with Gasteiger partial charge in [0.25, 0.3) is 0 Å². The van der Waals surface area contributed by atoms with Crippen LogP contribution in [0.3, 0.4) is 0 Å². The molecule has 13 heavy (non-hydrogen) atoms. The molecule has 0 aliphatic heterocycles. The average molecular weight is 199 g/mol. The van der Waals surface area contributed by atoms with Gasteiger partial charge in [0.15, 0.2) is 0 Å². The number of aromatic nitrogens is 1. The lowest BCUT2D eigenvalue weighted by Gasteiger charge is -2.02. The van der Waals surface area contributed by atoms with Crippen LogP contribution in [0.2, 0.25) is 0 Å². The summed E-state index contributed by atoms with van der Waals surface area (Å²) >= 11 is 1.59. The van der Waals surface area contributed by atoms with Crippen LogP contribution in [0.1, 0.15) is 12.6 Å². The van der Waals surface area contributed by atoms with Crippen LogP contribution in [0.25, 0.3) is 0 Å². The summed E-state index contributed by atoms with van der Waals surface area (Å²) in [4.78, 5) is 14.6. The fourth-order valence-electron chi connectivity index (χ4n) is 0.868. The van der Waals surface area contributed by atoms with Crippen LogP contribution in [-0.2, 0) is 11.3 Å². The SMILES string of the molecule is CC(=O)NCCNCc1cscn1. The first kappa shape index (κ1) is 10.1. The third-order valence-electron chi connectivity index (χ3n) is 1.47. The zero-order chi connectivity index (χ0) is 9.52. The number of rotatable bonds is 5. The smallest absolute Gasteiger partial charge is 0.216 e. The molecule has 1 rings (SSSR count). The highest BCUT2D eigenvalue weighted by molar-refractivity contribution is 7.07. The quantitative estimate of drug-likeness (QED) is 0.674. The molecule has 1 amide bonds. The maximum absolute atomic E-state index is 10.5. The summed E-state index contributed by atoms with van der Waals surface area (Å²) in [6, 6.07) is 0. The summed E-state index contributed by atoms with van der Waals surface area (Å²) in [7, 11) is 0. The summed E-state index contributed by atoms with van der Waals surface area (Å²) in [5, 5.41) is 7.88. The van der Waals surface area contributed by atoms with Crippen molar-refractivity contribution in [3.8, 4) is 0 Å². The van der Waals surface area contributed by atoms with Crippen molar-refractivity contribution in [2.75, 3.05) is 13.1 Å². The first-order valence-electron chi connectivity index (χ1n) is 4.11. The molecule has 1 heterocycles. The van der Waals surface area contributed by atoms with E-state index in [1.807, 2.05) is 10.9 Å². The highest BCUT2D eigenvalue weighted by Crippen LogP contribution is 1.98. The van der Waals surface area contributed by atoms with Gasteiger partial charge < -0.3 is 10.6 Å². The van der Waals surface area contributed by atoms with Crippen molar-refractivity contribution in [2.24, 2.45) is 0 Å². The van der Waals surface area contributed by atoms with E-state index in [0.29, 0.717) is 6.54 Å². The Morgan fingerprint density at radius 1 is 1.62 bits per heavy atom. The molecule has 1 aromatic rings. The zero-order valence-corrected chi connectivity index (χ0v) is 8.36. The van der Waals surface area contributed by atoms with Gasteiger partial charge in [-0.05, 0) is 0 Å². The van der Waals surface area contributed by atoms with Crippen molar-refractivity contribution >= 4 is 17.2 Å². The lowest BCUT2D eigenvalue weighted by Crippen LogP contribution is -2.29. The fraction of sp³-hybridized carbons (Fsp3) is 0.500. The van der Waals surface area contributed by atoms with Gasteiger partial charge in [-0.25, -0.2) is 4.98 Å². The third-order valence-corrected chi connectivity index (χ3v) is 2.10. The second-order valence-corrected chi connectivity index (χ2v) is 3.36. The van der Waals surface area contributed by atoms with Crippen LogP contribution in [-0.4, -0.2) is 24.0 Å². The normalized spacial score (nSPS) is 9.92. The van der Waals surface area contributed by atoms with E-state index in [4.69, 9.17) is 0 Å². The van der Waals surface area contributed by atoms with Gasteiger partial charge in [-0.3, -0.25) is 4.79 Å². The van der Waals surface area contributed by atoms with Crippen LogP contribution in [0.4, 0.5) is 0 Å². The Hall–Kier alpha value is -0.940. The lowest BCUT2D eigenvalue weighted by molar-refractivity contribution is -0.118. The average Bonchev–Trinajstić information content (AvgIpc) is 2.55. The Kier molecular flexibility index (Phi) is 4.42. The number of carbonyl (C=O) groups is 1. The summed E-state index contributed by atoms with van der Waals surface area (Å²) < 4.78 is 0. The Balaban J connectivity index is 1.99. The van der Waals surface area contributed by atoms with Crippen molar-refractivity contribution in [3.63, 3.8) is 0 Å². The van der Waals surface area contributed by atoms with E-state index < -0.39 is 0 Å². The van der Waals surface area contributed by atoms with E-state index >= 15 is 0 Å². The standard InChI is InChI=1S/C8H13N3OS/c1-7(12)10-3-2-9-4-8-5-13-6-11-8/h5-6,9H,2-4H2,1H3,(H,10,12). The minimum atomic E-state index is 0.00968. The van der Waals surface area contributed by atoms with E-state index in [-0.39, 0.29) is 5.91 Å². The summed E-state index contributed by atoms with van der Waals surface area (Å²) in [5.41, 5.74) is 2.86. The molecule has 0 unspecified atom stereocenters. The molecule has 0 spiro atoms. The van der Waals surface area contributed by atoms with Crippen molar-refractivity contribution in [1.29, 1.82) is 0 Å². The first-order chi connectivity index (χ1) is 6.29. The third kappa shape index (κ3) is 4.59. The van der Waals surface area contributed by atoms with Crippen LogP contribution in [0, 0.1) is 0 Å². The molecule has 0 atom stereocenters. The molecule has 72 valence electrons. The van der Waals surface area contributed by atoms with Gasteiger partial charge in [-0.15, -0.1) is 11.3 Å². The predicted molar refractivity (Wildman–Crippen MR) is 52.5 cm³/mol. The maximum Gasteiger partial charge on any atom is 0.216 e. The van der Waals surface area contributed by atoms with Crippen molar-refractivity contribution < 1.29 is 4.79 Å². The zero-order valence-electron chi connectivity index (χ0n) is 7.54. The number of nitrogens with one attached hydrogen (secondary N) is 2. The fourth-order valence-corrected chi connectivity index (χ4v) is 1.43. The van der Waals surface area contributed by atoms with Crippen molar-refractivity contribution in [1.82, 2.24) is 15.6 Å². The van der Waals surface area contributed by atoms with E-state index in [2.05, 4.69) is 15.6 Å². The molecule has 2 N–H and O–H groups in total. The molecule has 0 fully saturated rings. The minimum Gasteiger partial charge on any atom is -0.355 e. The van der Waals surface area contributed by atoms with E-state index in [9.17, 15) is 4.79 Å². The minimum absolute atomic E-state index is 0.00968. The topological polar surface area (TPSA) is 54.0 Å². The van der Waals surface area contributed by atoms with Crippen molar-refractivity contribution in [3.05, 3.63) is 16.6 Å². The molecule has 0 saturated carbocycles. The molecular weight excluding hydrogens is 186 g/mol. The predicted octanol–water partition coefficient (Wildman–Crippen LogP) is 0.369. The van der Waals surface area contributed by atoms with Crippen LogP contribution in [0.5, 0.6) is 0 Å². The molecule has 0 saturated heterocycles. The summed E-state index contributed by atoms with van der Waals surface area (Å²) in [5.74, 6) is 0.00968. The van der Waals surface area contributed by atoms with Gasteiger partial charge in [-0.2, -0.15) is 0 Å². The van der Waals surface area contributed by atoms with E-state index in [0.717, 1.165) is 18.8 Å². The van der Waals surface area contributed by atoms with Gasteiger partial charge in [0.1, 0.15) is 0 Å². The largest absolute Gasteiger partial charge is 0.355 e. The number of hydrogen-bond acceptors (Lipinski definition) is 4. The molecule has 0 radical (unpaired) electrons. The molecule has 1 aromatic heterocycles. The van der Waals surface area contributed by atoms with Gasteiger partial charge >= 0.3 is 0 Å². The molecular formula is C8H13N3OS. The van der Waals surface area contributed by atoms with Crippen LogP contribution >= 0.6 is 11.3 Å². The monoisotopic (exact) mass is 199 g/mol. The molecule has 0 aliphatic carbocycles.